The molecule has 0 bridgehead atoms. The molecule has 8 nitrogen and oxygen atoms in total. The maximum atomic E-state index is 9.64. The fourth-order valence-electron chi connectivity index (χ4n) is 1.15. The molecule has 114 valence electrons. The molecule has 0 unspecified atom stereocenters. The third-order valence-corrected chi connectivity index (χ3v) is 2.16. The van der Waals surface area contributed by atoms with Crippen LogP contribution in [0.5, 0.6) is 0 Å². The zero-order valence-corrected chi connectivity index (χ0v) is 11.5. The van der Waals surface area contributed by atoms with Gasteiger partial charge in [-0.1, -0.05) is 0 Å². The molecule has 0 spiro atoms. The van der Waals surface area contributed by atoms with E-state index in [0.29, 0.717) is 0 Å². The Morgan fingerprint density at radius 1 is 0.773 bits per heavy atom. The van der Waals surface area contributed by atoms with Gasteiger partial charge in [0.2, 0.25) is 0 Å². The molecule has 0 aliphatic carbocycles. The van der Waals surface area contributed by atoms with Gasteiger partial charge in [-0.2, -0.15) is 10.2 Å². The number of azo groups is 1. The second-order valence-corrected chi connectivity index (χ2v) is 3.90. The van der Waals surface area contributed by atoms with Crippen LogP contribution in [0, 0.1) is 0 Å². The van der Waals surface area contributed by atoms with Gasteiger partial charge in [-0.05, 0) is 24.3 Å². The average molecular weight is 302 g/mol. The lowest BCUT2D eigenvalue weighted by Gasteiger charge is -1.90. The molecule has 2 aromatic heterocycles. The normalized spacial score (nSPS) is 9.82. The largest absolute Gasteiger partial charge is 0.481 e. The molecule has 2 N–H and O–H groups in total. The molecular weight excluding hydrogens is 288 g/mol. The summed E-state index contributed by atoms with van der Waals surface area (Å²) in [5.74, 6) is -2.15. The average Bonchev–Trinajstić information content (AvgIpc) is 2.54. The predicted octanol–water partition coefficient (Wildman–Crippen LogP) is 2.83. The minimum absolute atomic E-state index is 0.296. The van der Waals surface area contributed by atoms with E-state index in [9.17, 15) is 9.59 Å². The number of hydrogen-bond acceptors (Lipinski definition) is 6. The molecule has 2 heterocycles. The smallest absolute Gasteiger partial charge is 0.303 e. The maximum absolute atomic E-state index is 9.64. The molecule has 0 aromatic carbocycles. The van der Waals surface area contributed by atoms with Gasteiger partial charge in [0.1, 0.15) is 0 Å². The van der Waals surface area contributed by atoms with E-state index < -0.39 is 11.9 Å². The van der Waals surface area contributed by atoms with Crippen molar-refractivity contribution in [3.63, 3.8) is 0 Å². The minimum Gasteiger partial charge on any atom is -0.481 e. The summed E-state index contributed by atoms with van der Waals surface area (Å²) in [5, 5.41) is 23.9. The van der Waals surface area contributed by atoms with E-state index in [1.54, 1.807) is 49.1 Å². The molecule has 0 saturated heterocycles. The topological polar surface area (TPSA) is 125 Å². The number of carboxylic acids is 2. The Morgan fingerprint density at radius 2 is 1.09 bits per heavy atom. The van der Waals surface area contributed by atoms with Crippen molar-refractivity contribution in [1.82, 2.24) is 9.97 Å². The second kappa shape index (κ2) is 9.70. The Bertz CT molecular complexity index is 562. The highest BCUT2D eigenvalue weighted by Gasteiger charge is 2.00. The van der Waals surface area contributed by atoms with Crippen molar-refractivity contribution in [2.24, 2.45) is 10.2 Å². The number of aliphatic carboxylic acids is 2. The highest BCUT2D eigenvalue weighted by Crippen LogP contribution is 2.15. The van der Waals surface area contributed by atoms with Gasteiger partial charge < -0.3 is 10.2 Å². The third kappa shape index (κ3) is 8.10. The summed E-state index contributed by atoms with van der Waals surface area (Å²) >= 11 is 0. The summed E-state index contributed by atoms with van der Waals surface area (Å²) in [6, 6.07) is 7.19. The lowest BCUT2D eigenvalue weighted by atomic mass is 10.3. The number of aromatic nitrogens is 2. The zero-order valence-electron chi connectivity index (χ0n) is 11.5. The molecule has 0 amide bonds. The lowest BCUT2D eigenvalue weighted by molar-refractivity contribution is -0.143. The van der Waals surface area contributed by atoms with Crippen molar-refractivity contribution in [1.29, 1.82) is 0 Å². The van der Waals surface area contributed by atoms with Crippen LogP contribution in [0.4, 0.5) is 11.4 Å². The Hall–Kier alpha value is -3.16. The summed E-state index contributed by atoms with van der Waals surface area (Å²) in [6.45, 7) is 0. The second-order valence-electron chi connectivity index (χ2n) is 3.90. The van der Waals surface area contributed by atoms with Gasteiger partial charge in [0.25, 0.3) is 0 Å². The van der Waals surface area contributed by atoms with Gasteiger partial charge in [0, 0.05) is 24.8 Å². The van der Waals surface area contributed by atoms with Crippen molar-refractivity contribution in [2.75, 3.05) is 0 Å². The summed E-state index contributed by atoms with van der Waals surface area (Å²) in [6.07, 6.45) is 6.13. The van der Waals surface area contributed by atoms with Gasteiger partial charge in [-0.25, -0.2) is 0 Å². The highest BCUT2D eigenvalue weighted by atomic mass is 16.4. The number of pyridine rings is 2. The zero-order chi connectivity index (χ0) is 16.2. The Morgan fingerprint density at radius 3 is 1.36 bits per heavy atom. The fourth-order valence-corrected chi connectivity index (χ4v) is 1.15. The van der Waals surface area contributed by atoms with E-state index in [4.69, 9.17) is 10.2 Å². The first-order valence-corrected chi connectivity index (χ1v) is 6.23. The molecule has 8 heteroatoms. The quantitative estimate of drug-likeness (QED) is 0.818. The Labute approximate surface area is 126 Å². The summed E-state index contributed by atoms with van der Waals surface area (Å²) in [7, 11) is 0. The molecule has 0 radical (unpaired) electrons. The molecule has 0 atom stereocenters. The van der Waals surface area contributed by atoms with Gasteiger partial charge >= 0.3 is 11.9 Å². The molecule has 22 heavy (non-hydrogen) atoms. The number of carbonyl (C=O) groups is 2. The van der Waals surface area contributed by atoms with Crippen molar-refractivity contribution in [3.8, 4) is 0 Å². The van der Waals surface area contributed by atoms with Crippen LogP contribution in [0.1, 0.15) is 12.8 Å². The number of nitrogens with zero attached hydrogens (tertiary/aromatic N) is 4. The van der Waals surface area contributed by atoms with Crippen molar-refractivity contribution in [2.45, 2.75) is 12.8 Å². The van der Waals surface area contributed by atoms with Gasteiger partial charge in [0.05, 0.1) is 24.2 Å². The van der Waals surface area contributed by atoms with Crippen LogP contribution in [-0.4, -0.2) is 32.1 Å². The SMILES string of the molecule is O=C(O)CCC(=O)O.c1cc(N=Nc2ccncc2)ccn1. The van der Waals surface area contributed by atoms with Crippen LogP contribution in [0.15, 0.2) is 59.3 Å². The molecule has 0 aliphatic rings. The van der Waals surface area contributed by atoms with Crippen LogP contribution in [0.25, 0.3) is 0 Å². The highest BCUT2D eigenvalue weighted by molar-refractivity contribution is 5.75. The summed E-state index contributed by atoms with van der Waals surface area (Å²) < 4.78 is 0. The van der Waals surface area contributed by atoms with E-state index in [1.165, 1.54) is 0 Å². The molecule has 0 fully saturated rings. The first kappa shape index (κ1) is 16.9. The van der Waals surface area contributed by atoms with E-state index >= 15 is 0 Å². The van der Waals surface area contributed by atoms with E-state index in [-0.39, 0.29) is 12.8 Å². The van der Waals surface area contributed by atoms with Crippen LogP contribution < -0.4 is 0 Å². The summed E-state index contributed by atoms with van der Waals surface area (Å²) in [4.78, 5) is 27.1. The third-order valence-electron chi connectivity index (χ3n) is 2.16. The first-order valence-electron chi connectivity index (χ1n) is 6.23. The van der Waals surface area contributed by atoms with E-state index in [0.717, 1.165) is 11.4 Å². The number of rotatable bonds is 5. The van der Waals surface area contributed by atoms with Crippen molar-refractivity contribution < 1.29 is 19.8 Å². The summed E-state index contributed by atoms with van der Waals surface area (Å²) in [5.41, 5.74) is 1.58. The van der Waals surface area contributed by atoms with E-state index in [2.05, 4.69) is 20.2 Å². The Balaban J connectivity index is 0.000000261. The first-order chi connectivity index (χ1) is 10.6. The van der Waals surface area contributed by atoms with Crippen LogP contribution in [0.3, 0.4) is 0 Å². The van der Waals surface area contributed by atoms with E-state index in [1.807, 2.05) is 0 Å². The standard InChI is InChI=1S/C10H8N4.C4H6O4/c1-5-11-6-2-9(1)13-14-10-3-7-12-8-4-10;5-3(6)1-2-4(7)8/h1-8H;1-2H2,(H,5,6)(H,7,8). The number of hydrogen-bond donors (Lipinski definition) is 2. The lowest BCUT2D eigenvalue weighted by Crippen LogP contribution is -2.00. The van der Waals surface area contributed by atoms with Crippen LogP contribution in [0.2, 0.25) is 0 Å². The molecule has 0 saturated carbocycles. The molecule has 2 aromatic rings. The van der Waals surface area contributed by atoms with Crippen molar-refractivity contribution >= 4 is 23.3 Å². The van der Waals surface area contributed by atoms with Crippen LogP contribution >= 0.6 is 0 Å². The van der Waals surface area contributed by atoms with Crippen molar-refractivity contribution in [3.05, 3.63) is 49.1 Å². The monoisotopic (exact) mass is 302 g/mol. The molecular formula is C14H14N4O4. The van der Waals surface area contributed by atoms with Crippen LogP contribution in [-0.2, 0) is 9.59 Å². The Kier molecular flexibility index (Phi) is 7.45. The molecule has 2 rings (SSSR count). The fraction of sp³-hybridized carbons (Fsp3) is 0.143. The number of carboxylic acid groups (broad SMARTS) is 2. The molecule has 0 aliphatic heterocycles. The van der Waals surface area contributed by atoms with Gasteiger partial charge in [-0.3, -0.25) is 19.6 Å². The predicted molar refractivity (Wildman–Crippen MR) is 77.2 cm³/mol. The maximum Gasteiger partial charge on any atom is 0.303 e. The minimum atomic E-state index is -1.08. The van der Waals surface area contributed by atoms with Gasteiger partial charge in [0.15, 0.2) is 0 Å². The van der Waals surface area contributed by atoms with Gasteiger partial charge in [-0.15, -0.1) is 0 Å².